The molecule has 0 fully saturated rings. The first-order valence-corrected chi connectivity index (χ1v) is 22.9. The maximum Gasteiger partial charge on any atom is 0.262 e. The Morgan fingerprint density at radius 2 is 0.703 bits per heavy atom. The minimum atomic E-state index is -3.39. The van der Waals surface area contributed by atoms with Gasteiger partial charge in [0.25, 0.3) is 8.24 Å². The van der Waals surface area contributed by atoms with Crippen molar-refractivity contribution in [1.29, 1.82) is 0 Å². The van der Waals surface area contributed by atoms with Crippen LogP contribution in [0.1, 0.15) is 0 Å². The van der Waals surface area contributed by atoms with Crippen molar-refractivity contribution in [2.24, 2.45) is 0 Å². The summed E-state index contributed by atoms with van der Waals surface area (Å²) in [6.45, 7) is 0. The van der Waals surface area contributed by atoms with Crippen LogP contribution in [0, 0.1) is 0 Å². The van der Waals surface area contributed by atoms with Crippen LogP contribution in [0.2, 0.25) is 0 Å². The second-order valence-corrected chi connectivity index (χ2v) is 19.1. The van der Waals surface area contributed by atoms with Gasteiger partial charge in [0.1, 0.15) is 5.82 Å². The molecule has 0 saturated carbocycles. The van der Waals surface area contributed by atoms with Gasteiger partial charge < -0.3 is 4.23 Å². The molecule has 0 radical (unpaired) electrons. The van der Waals surface area contributed by atoms with Gasteiger partial charge in [-0.15, -0.1) is 0 Å². The van der Waals surface area contributed by atoms with Gasteiger partial charge >= 0.3 is 0 Å². The lowest BCUT2D eigenvalue weighted by Crippen LogP contribution is -2.70. The monoisotopic (exact) mass is 838 g/mol. The van der Waals surface area contributed by atoms with Gasteiger partial charge in [0, 0.05) is 63.7 Å². The van der Waals surface area contributed by atoms with Gasteiger partial charge in [-0.05, 0) is 39.8 Å². The standard InChI is InChI=1S/C53H34N10Si/c1-5-17-35(18-6-1)47-57-48(36-19-7-2-8-20-36)60-51(59-47)39-29-41(33-54-31-39)64(46-28-16-13-25-43(46)53-56-44-26-14-15-27-45(44)63(53)64)42-30-40(32-55-34-42)52-61-49(37-21-9-3-10-22-37)58-50(62-52)38-23-11-4-12-24-38/h1-34H. The molecule has 10 nitrogen and oxygen atoms in total. The van der Waals surface area contributed by atoms with Crippen molar-refractivity contribution < 1.29 is 0 Å². The molecule has 64 heavy (non-hydrogen) atoms. The SMILES string of the molecule is c1ccc(-c2nc(-c3ccccc3)nc(-c3cncc([Si]4(c5cncc(-c6nc(-c7ccccc7)nc(-c7ccccc7)n6)c5)c5ccccc5-c5nc6ccccc6n54)c3)n2)cc1. The smallest absolute Gasteiger partial charge is 0.262 e. The normalized spacial score (nSPS) is 12.5. The Balaban J connectivity index is 1.11. The summed E-state index contributed by atoms with van der Waals surface area (Å²) in [5.41, 5.74) is 8.09. The van der Waals surface area contributed by atoms with Crippen LogP contribution in [-0.2, 0) is 0 Å². The van der Waals surface area contributed by atoms with Crippen LogP contribution in [0.25, 0.3) is 90.7 Å². The number of hydrogen-bond donors (Lipinski definition) is 0. The summed E-state index contributed by atoms with van der Waals surface area (Å²) < 4.78 is 2.46. The first kappa shape index (κ1) is 37.1. The number of para-hydroxylation sites is 2. The molecule has 0 unspecified atom stereocenters. The predicted molar refractivity (Wildman–Crippen MR) is 253 cm³/mol. The van der Waals surface area contributed by atoms with E-state index in [2.05, 4.69) is 58.8 Å². The Labute approximate surface area is 368 Å². The molecule has 0 bridgehead atoms. The van der Waals surface area contributed by atoms with Crippen LogP contribution in [0.15, 0.2) is 207 Å². The molecule has 11 aromatic rings. The highest BCUT2D eigenvalue weighted by Crippen LogP contribution is 2.36. The zero-order chi connectivity index (χ0) is 42.5. The zero-order valence-electron chi connectivity index (χ0n) is 34.1. The highest BCUT2D eigenvalue weighted by atomic mass is 28.3. The van der Waals surface area contributed by atoms with Crippen LogP contribution < -0.4 is 15.6 Å². The van der Waals surface area contributed by atoms with Crippen molar-refractivity contribution >= 4 is 34.8 Å². The van der Waals surface area contributed by atoms with E-state index in [1.54, 1.807) is 0 Å². The lowest BCUT2D eigenvalue weighted by atomic mass is 10.1. The number of hydrogen-bond acceptors (Lipinski definition) is 9. The molecule has 0 N–H and O–H groups in total. The average Bonchev–Trinajstić information content (AvgIpc) is 3.91. The van der Waals surface area contributed by atoms with Crippen LogP contribution in [0.4, 0.5) is 0 Å². The Hall–Kier alpha value is -8.67. The molecule has 0 aliphatic carbocycles. The molecule has 0 spiro atoms. The van der Waals surface area contributed by atoms with Gasteiger partial charge in [-0.1, -0.05) is 158 Å². The van der Waals surface area contributed by atoms with Gasteiger partial charge in [-0.2, -0.15) is 0 Å². The Kier molecular flexibility index (Phi) is 8.90. The van der Waals surface area contributed by atoms with Crippen molar-refractivity contribution in [3.05, 3.63) is 207 Å². The first-order valence-electron chi connectivity index (χ1n) is 20.9. The molecular formula is C53H34N10Si. The van der Waals surface area contributed by atoms with Gasteiger partial charge in [0.15, 0.2) is 34.9 Å². The average molecular weight is 839 g/mol. The van der Waals surface area contributed by atoms with Gasteiger partial charge in [0.2, 0.25) is 0 Å². The van der Waals surface area contributed by atoms with E-state index in [1.165, 1.54) is 0 Å². The third-order valence-electron chi connectivity index (χ3n) is 11.7. The van der Waals surface area contributed by atoms with Crippen LogP contribution >= 0.6 is 0 Å². The highest BCUT2D eigenvalue weighted by Gasteiger charge is 2.51. The Bertz CT molecular complexity index is 3230. The van der Waals surface area contributed by atoms with E-state index in [0.717, 1.165) is 71.4 Å². The van der Waals surface area contributed by atoms with Gasteiger partial charge in [-0.25, -0.2) is 34.9 Å². The van der Waals surface area contributed by atoms with Gasteiger partial charge in [0.05, 0.1) is 11.0 Å². The topological polar surface area (TPSA) is 121 Å². The number of rotatable bonds is 8. The Morgan fingerprint density at radius 1 is 0.328 bits per heavy atom. The van der Waals surface area contributed by atoms with E-state index in [9.17, 15) is 0 Å². The van der Waals surface area contributed by atoms with E-state index in [1.807, 2.05) is 152 Å². The highest BCUT2D eigenvalue weighted by molar-refractivity contribution is 7.12. The lowest BCUT2D eigenvalue weighted by Gasteiger charge is -2.32. The summed E-state index contributed by atoms with van der Waals surface area (Å²) >= 11 is 0. The quantitative estimate of drug-likeness (QED) is 0.139. The summed E-state index contributed by atoms with van der Waals surface area (Å²) in [6, 6.07) is 61.4. The summed E-state index contributed by atoms with van der Waals surface area (Å²) in [4.78, 5) is 45.7. The van der Waals surface area contributed by atoms with E-state index >= 15 is 0 Å². The van der Waals surface area contributed by atoms with E-state index in [0.29, 0.717) is 34.9 Å². The molecule has 0 amide bonds. The molecule has 0 atom stereocenters. The number of fused-ring (bicyclic) bond motifs is 5. The summed E-state index contributed by atoms with van der Waals surface area (Å²) in [5.74, 6) is 4.25. The fourth-order valence-corrected chi connectivity index (χ4v) is 13.7. The molecule has 5 aromatic heterocycles. The number of aromatic nitrogens is 10. The molecule has 1 aliphatic rings. The van der Waals surface area contributed by atoms with Crippen molar-refractivity contribution in [3.8, 4) is 79.7 Å². The fraction of sp³-hybridized carbons (Fsp3) is 0. The van der Waals surface area contributed by atoms with E-state index < -0.39 is 8.24 Å². The van der Waals surface area contributed by atoms with Crippen molar-refractivity contribution in [1.82, 2.24) is 49.1 Å². The Morgan fingerprint density at radius 3 is 1.16 bits per heavy atom. The minimum Gasteiger partial charge on any atom is -0.338 e. The molecule has 1 aliphatic heterocycles. The second-order valence-electron chi connectivity index (χ2n) is 15.5. The first-order chi connectivity index (χ1) is 31.7. The third kappa shape index (κ3) is 6.21. The molecular weight excluding hydrogens is 805 g/mol. The summed E-state index contributed by atoms with van der Waals surface area (Å²) in [7, 11) is -3.39. The van der Waals surface area contributed by atoms with E-state index in [4.69, 9.17) is 44.9 Å². The molecule has 6 aromatic carbocycles. The maximum absolute atomic E-state index is 5.31. The summed E-state index contributed by atoms with van der Waals surface area (Å²) in [6.07, 6.45) is 7.66. The number of pyridine rings is 2. The molecule has 0 saturated heterocycles. The number of imidazole rings is 1. The lowest BCUT2D eigenvalue weighted by molar-refractivity contribution is 1.07. The maximum atomic E-state index is 5.31. The number of benzene rings is 6. The van der Waals surface area contributed by atoms with E-state index in [-0.39, 0.29) is 0 Å². The largest absolute Gasteiger partial charge is 0.338 e. The zero-order valence-corrected chi connectivity index (χ0v) is 35.1. The molecule has 12 rings (SSSR count). The van der Waals surface area contributed by atoms with Crippen molar-refractivity contribution in [2.45, 2.75) is 0 Å². The van der Waals surface area contributed by atoms with Crippen LogP contribution in [0.3, 0.4) is 0 Å². The third-order valence-corrected chi connectivity index (χ3v) is 16.2. The number of nitrogens with zero attached hydrogens (tertiary/aromatic N) is 10. The summed E-state index contributed by atoms with van der Waals surface area (Å²) in [5, 5.41) is 3.18. The fourth-order valence-electron chi connectivity index (χ4n) is 8.79. The van der Waals surface area contributed by atoms with Crippen molar-refractivity contribution in [3.63, 3.8) is 0 Å². The van der Waals surface area contributed by atoms with Crippen molar-refractivity contribution in [2.75, 3.05) is 0 Å². The molecule has 300 valence electrons. The molecule has 11 heteroatoms. The predicted octanol–water partition coefficient (Wildman–Crippen LogP) is 8.69. The molecule has 6 heterocycles. The second kappa shape index (κ2) is 15.3. The van der Waals surface area contributed by atoms with Crippen LogP contribution in [-0.4, -0.2) is 57.3 Å². The van der Waals surface area contributed by atoms with Crippen LogP contribution in [0.5, 0.6) is 0 Å². The van der Waals surface area contributed by atoms with Gasteiger partial charge in [-0.3, -0.25) is 9.97 Å². The minimum absolute atomic E-state index is 0.521.